The topological polar surface area (TPSA) is 29.1 Å². The van der Waals surface area contributed by atoms with Gasteiger partial charge in [0.15, 0.2) is 0 Å². The number of carbonyl (C=O) groups is 1. The van der Waals surface area contributed by atoms with Gasteiger partial charge in [0.2, 0.25) is 0 Å². The van der Waals surface area contributed by atoms with E-state index in [4.69, 9.17) is 34.8 Å². The zero-order valence-electron chi connectivity index (χ0n) is 9.38. The number of hydrogen-bond acceptors (Lipinski definition) is 1. The van der Waals surface area contributed by atoms with Gasteiger partial charge in [-0.25, -0.2) is 0 Å². The van der Waals surface area contributed by atoms with Crippen LogP contribution in [0.1, 0.15) is 10.4 Å². The molecule has 1 amide bonds. The number of anilines is 1. The summed E-state index contributed by atoms with van der Waals surface area (Å²) in [5.74, 6) is -0.284. The van der Waals surface area contributed by atoms with Crippen LogP contribution >= 0.6 is 50.7 Å². The molecule has 0 aliphatic carbocycles. The van der Waals surface area contributed by atoms with E-state index in [9.17, 15) is 4.79 Å². The normalized spacial score (nSPS) is 10.3. The van der Waals surface area contributed by atoms with Gasteiger partial charge in [-0.2, -0.15) is 0 Å². The van der Waals surface area contributed by atoms with E-state index in [0.717, 1.165) is 0 Å². The van der Waals surface area contributed by atoms with E-state index in [2.05, 4.69) is 21.2 Å². The van der Waals surface area contributed by atoms with Crippen LogP contribution in [0.2, 0.25) is 15.1 Å². The summed E-state index contributed by atoms with van der Waals surface area (Å²) in [5.41, 5.74) is 0.966. The Bertz CT molecular complexity index is 646. The second kappa shape index (κ2) is 6.14. The Kier molecular flexibility index (Phi) is 4.74. The number of benzene rings is 2. The Hall–Kier alpha value is -0.740. The van der Waals surface area contributed by atoms with Crippen LogP contribution in [-0.4, -0.2) is 5.91 Å². The summed E-state index contributed by atoms with van der Waals surface area (Å²) in [7, 11) is 0. The van der Waals surface area contributed by atoms with Gasteiger partial charge < -0.3 is 5.32 Å². The van der Waals surface area contributed by atoms with Crippen LogP contribution in [0.25, 0.3) is 0 Å². The minimum absolute atomic E-state index is 0.284. The Labute approximate surface area is 133 Å². The lowest BCUT2D eigenvalue weighted by molar-refractivity contribution is 0.102. The van der Waals surface area contributed by atoms with E-state index in [1.165, 1.54) is 0 Å². The van der Waals surface area contributed by atoms with Gasteiger partial charge in [0.1, 0.15) is 0 Å². The average Bonchev–Trinajstić information content (AvgIpc) is 2.32. The minimum Gasteiger partial charge on any atom is -0.321 e. The molecule has 98 valence electrons. The first-order chi connectivity index (χ1) is 8.97. The van der Waals surface area contributed by atoms with Gasteiger partial charge in [0.25, 0.3) is 5.91 Å². The summed E-state index contributed by atoms with van der Waals surface area (Å²) in [6.45, 7) is 0. The van der Waals surface area contributed by atoms with Crippen molar-refractivity contribution < 1.29 is 4.79 Å². The summed E-state index contributed by atoms with van der Waals surface area (Å²) < 4.78 is 0.614. The molecule has 0 unspecified atom stereocenters. The van der Waals surface area contributed by atoms with E-state index >= 15 is 0 Å². The minimum atomic E-state index is -0.284. The van der Waals surface area contributed by atoms with Crippen LogP contribution in [0.15, 0.2) is 40.9 Å². The predicted octanol–water partition coefficient (Wildman–Crippen LogP) is 5.66. The van der Waals surface area contributed by atoms with Crippen molar-refractivity contribution in [3.05, 3.63) is 61.5 Å². The van der Waals surface area contributed by atoms with Crippen LogP contribution in [0.5, 0.6) is 0 Å². The summed E-state index contributed by atoms with van der Waals surface area (Å²) in [6, 6.07) is 9.79. The molecular weight excluding hydrogens is 372 g/mol. The standard InChI is InChI=1S/C13H7BrCl3NO/c14-10-5-7(15)1-3-9(10)13(19)18-12-4-2-8(16)6-11(12)17/h1-6H,(H,18,19). The molecule has 19 heavy (non-hydrogen) atoms. The molecule has 0 heterocycles. The van der Waals surface area contributed by atoms with Crippen molar-refractivity contribution in [2.45, 2.75) is 0 Å². The molecule has 2 aromatic rings. The molecule has 0 saturated carbocycles. The number of hydrogen-bond donors (Lipinski definition) is 1. The highest BCUT2D eigenvalue weighted by molar-refractivity contribution is 9.10. The highest BCUT2D eigenvalue weighted by Gasteiger charge is 2.12. The Balaban J connectivity index is 2.25. The molecule has 0 bridgehead atoms. The predicted molar refractivity (Wildman–Crippen MR) is 83.6 cm³/mol. The van der Waals surface area contributed by atoms with Crippen LogP contribution < -0.4 is 5.32 Å². The first kappa shape index (κ1) is 14.7. The highest BCUT2D eigenvalue weighted by atomic mass is 79.9. The van der Waals surface area contributed by atoms with Gasteiger partial charge in [0, 0.05) is 14.5 Å². The second-order valence-electron chi connectivity index (χ2n) is 3.70. The molecule has 0 aromatic heterocycles. The quantitative estimate of drug-likeness (QED) is 0.716. The van der Waals surface area contributed by atoms with Crippen LogP contribution in [-0.2, 0) is 0 Å². The van der Waals surface area contributed by atoms with E-state index < -0.39 is 0 Å². The van der Waals surface area contributed by atoms with E-state index in [0.29, 0.717) is 30.8 Å². The lowest BCUT2D eigenvalue weighted by Gasteiger charge is -2.09. The van der Waals surface area contributed by atoms with Crippen LogP contribution in [0, 0.1) is 0 Å². The highest BCUT2D eigenvalue weighted by Crippen LogP contribution is 2.27. The molecule has 0 aliphatic heterocycles. The molecular formula is C13H7BrCl3NO. The number of amides is 1. The average molecular weight is 379 g/mol. The molecule has 0 aliphatic rings. The van der Waals surface area contributed by atoms with Crippen molar-refractivity contribution in [1.82, 2.24) is 0 Å². The maximum Gasteiger partial charge on any atom is 0.256 e. The van der Waals surface area contributed by atoms with Gasteiger partial charge in [-0.05, 0) is 52.3 Å². The molecule has 0 saturated heterocycles. The third kappa shape index (κ3) is 3.63. The number of rotatable bonds is 2. The molecule has 1 N–H and O–H groups in total. The van der Waals surface area contributed by atoms with Crippen molar-refractivity contribution in [2.24, 2.45) is 0 Å². The van der Waals surface area contributed by atoms with E-state index in [1.807, 2.05) is 0 Å². The second-order valence-corrected chi connectivity index (χ2v) is 5.84. The number of nitrogens with one attached hydrogen (secondary N) is 1. The van der Waals surface area contributed by atoms with Gasteiger partial charge in [-0.1, -0.05) is 34.8 Å². The lowest BCUT2D eigenvalue weighted by Crippen LogP contribution is -2.12. The van der Waals surface area contributed by atoms with Crippen LogP contribution in [0.3, 0.4) is 0 Å². The third-order valence-electron chi connectivity index (χ3n) is 2.36. The zero-order chi connectivity index (χ0) is 14.0. The first-order valence-corrected chi connectivity index (χ1v) is 7.11. The van der Waals surface area contributed by atoms with Crippen molar-refractivity contribution in [3.63, 3.8) is 0 Å². The summed E-state index contributed by atoms with van der Waals surface area (Å²) >= 11 is 20.9. The summed E-state index contributed by atoms with van der Waals surface area (Å²) in [6.07, 6.45) is 0. The largest absolute Gasteiger partial charge is 0.321 e. The Morgan fingerprint density at radius 3 is 2.26 bits per heavy atom. The van der Waals surface area contributed by atoms with Crippen LogP contribution in [0.4, 0.5) is 5.69 Å². The molecule has 0 radical (unpaired) electrons. The molecule has 2 aromatic carbocycles. The lowest BCUT2D eigenvalue weighted by atomic mass is 10.2. The Morgan fingerprint density at radius 1 is 1.00 bits per heavy atom. The number of halogens is 4. The fourth-order valence-corrected chi connectivity index (χ4v) is 2.77. The van der Waals surface area contributed by atoms with Crippen molar-refractivity contribution in [2.75, 3.05) is 5.32 Å². The summed E-state index contributed by atoms with van der Waals surface area (Å²) in [5, 5.41) is 4.15. The third-order valence-corrected chi connectivity index (χ3v) is 3.79. The molecule has 0 atom stereocenters. The first-order valence-electron chi connectivity index (χ1n) is 5.19. The van der Waals surface area contributed by atoms with Crippen molar-refractivity contribution >= 4 is 62.3 Å². The van der Waals surface area contributed by atoms with Gasteiger partial charge in [-0.15, -0.1) is 0 Å². The van der Waals surface area contributed by atoms with Crippen molar-refractivity contribution in [3.8, 4) is 0 Å². The monoisotopic (exact) mass is 377 g/mol. The van der Waals surface area contributed by atoms with Crippen molar-refractivity contribution in [1.29, 1.82) is 0 Å². The van der Waals surface area contributed by atoms with Gasteiger partial charge in [-0.3, -0.25) is 4.79 Å². The number of carbonyl (C=O) groups excluding carboxylic acids is 1. The SMILES string of the molecule is O=C(Nc1ccc(Cl)cc1Cl)c1ccc(Cl)cc1Br. The molecule has 2 nitrogen and oxygen atoms in total. The van der Waals surface area contributed by atoms with E-state index in [-0.39, 0.29) is 5.91 Å². The maximum atomic E-state index is 12.1. The fraction of sp³-hybridized carbons (Fsp3) is 0. The zero-order valence-corrected chi connectivity index (χ0v) is 13.2. The summed E-state index contributed by atoms with van der Waals surface area (Å²) in [4.78, 5) is 12.1. The molecule has 6 heteroatoms. The molecule has 2 rings (SSSR count). The maximum absolute atomic E-state index is 12.1. The van der Waals surface area contributed by atoms with Gasteiger partial charge in [0.05, 0.1) is 16.3 Å². The van der Waals surface area contributed by atoms with E-state index in [1.54, 1.807) is 36.4 Å². The fourth-order valence-electron chi connectivity index (χ4n) is 1.45. The molecule has 0 fully saturated rings. The Morgan fingerprint density at radius 2 is 1.63 bits per heavy atom. The molecule has 0 spiro atoms. The smallest absolute Gasteiger partial charge is 0.256 e. The van der Waals surface area contributed by atoms with Gasteiger partial charge >= 0.3 is 0 Å².